The SMILES string of the molecule is C[O-].NCC(=O)O.O.[CH2-]CC(=O)[O-].[CH2-]CC(=O)[O-].[CH2-]O.[Mg+2].[Mg+2].[Mg+2].[NH-]CC(=O)[O-].[NH-]CC(=O)[O-].[OH-].[OH-]. The average molecular weight is 552 g/mol. The van der Waals surface area contributed by atoms with Gasteiger partial charge in [-0.15, -0.1) is 25.9 Å². The molecule has 0 aromatic carbocycles. The molecule has 0 bridgehead atoms. The van der Waals surface area contributed by atoms with Crippen molar-refractivity contribution in [2.45, 2.75) is 12.8 Å². The number of carbonyl (C=O) groups excluding carboxylic acids is 4. The van der Waals surface area contributed by atoms with Gasteiger partial charge in [-0.25, -0.2) is 7.11 Å². The van der Waals surface area contributed by atoms with Gasteiger partial charge in [-0.1, -0.05) is 0 Å². The fourth-order valence-electron chi connectivity index (χ4n) is 0. The second-order valence-electron chi connectivity index (χ2n) is 2.94. The molecule has 21 heteroatoms. The van der Waals surface area contributed by atoms with Gasteiger partial charge in [0.15, 0.2) is 0 Å². The van der Waals surface area contributed by atoms with Gasteiger partial charge in [-0.2, -0.15) is 7.11 Å². The molecule has 0 aliphatic heterocycles. The molecule has 0 amide bonds. The molecule has 0 radical (unpaired) electrons. The van der Waals surface area contributed by atoms with Gasteiger partial charge in [0.2, 0.25) is 0 Å². The van der Waals surface area contributed by atoms with Crippen LogP contribution in [0.4, 0.5) is 0 Å². The van der Waals surface area contributed by atoms with Gasteiger partial charge in [-0.05, 0) is 0 Å². The van der Waals surface area contributed by atoms with Gasteiger partial charge in [0.1, 0.15) is 0 Å². The molecule has 0 aromatic rings. The summed E-state index contributed by atoms with van der Waals surface area (Å²) >= 11 is 0. The number of hydrogen-bond donors (Lipinski definition) is 3. The fraction of sp³-hybridized carbons (Fsp3) is 0.429. The minimum atomic E-state index is -1.33. The zero-order valence-corrected chi connectivity index (χ0v) is 23.5. The minimum absolute atomic E-state index is 0. The number of nitrogens with two attached hydrogens (primary N) is 1. The predicted molar refractivity (Wildman–Crippen MR) is 113 cm³/mol. The van der Waals surface area contributed by atoms with Crippen molar-refractivity contribution in [2.75, 3.05) is 26.7 Å². The molecule has 0 saturated heterocycles. The zero-order chi connectivity index (χ0) is 25.4. The van der Waals surface area contributed by atoms with Gasteiger partial charge < -0.3 is 102 Å². The van der Waals surface area contributed by atoms with E-state index >= 15 is 0 Å². The first-order chi connectivity index (χ1) is 13.4. The average Bonchev–Trinajstić information content (AvgIpc) is 2.72. The van der Waals surface area contributed by atoms with Crippen molar-refractivity contribution < 1.29 is 76.1 Å². The van der Waals surface area contributed by atoms with E-state index in [0.29, 0.717) is 0 Å². The van der Waals surface area contributed by atoms with Crippen molar-refractivity contribution in [3.05, 3.63) is 32.4 Å². The molecule has 0 aliphatic carbocycles. The van der Waals surface area contributed by atoms with Crippen molar-refractivity contribution >= 4 is 99.0 Å². The number of aliphatic hydroxyl groups is 1. The van der Waals surface area contributed by atoms with Crippen LogP contribution in [0.5, 0.6) is 0 Å². The number of rotatable bonds is 5. The molecule has 10 N–H and O–H groups in total. The Labute approximate surface area is 251 Å². The van der Waals surface area contributed by atoms with Crippen LogP contribution in [0, 0.1) is 21.0 Å². The maximum atomic E-state index is 9.24. The summed E-state index contributed by atoms with van der Waals surface area (Å²) in [6.45, 7) is 4.49. The first-order valence-electron chi connectivity index (χ1n) is 6.67. The van der Waals surface area contributed by atoms with Crippen molar-refractivity contribution in [1.29, 1.82) is 0 Å². The quantitative estimate of drug-likeness (QED) is 0.210. The summed E-state index contributed by atoms with van der Waals surface area (Å²) in [6.07, 6.45) is -0.278. The van der Waals surface area contributed by atoms with Gasteiger partial charge in [0.05, 0.1) is 6.54 Å². The second-order valence-corrected chi connectivity index (χ2v) is 2.94. The smallest absolute Gasteiger partial charge is 0.870 e. The number of nitrogens with one attached hydrogen (secondary N) is 2. The summed E-state index contributed by atoms with van der Waals surface area (Å²) in [4.78, 5) is 45.8. The zero-order valence-electron chi connectivity index (χ0n) is 19.2. The van der Waals surface area contributed by atoms with Gasteiger partial charge in [0, 0.05) is 23.9 Å². The summed E-state index contributed by atoms with van der Waals surface area (Å²) in [5, 5.41) is 59.1. The third-order valence-corrected chi connectivity index (χ3v) is 0.872. The molecule has 18 nitrogen and oxygen atoms in total. The van der Waals surface area contributed by atoms with Crippen LogP contribution in [0.2, 0.25) is 0 Å². The third kappa shape index (κ3) is 376. The van der Waals surface area contributed by atoms with Gasteiger partial charge in [-0.3, -0.25) is 4.79 Å². The number of carboxylic acids is 5. The van der Waals surface area contributed by atoms with Crippen LogP contribution >= 0.6 is 0 Å². The summed E-state index contributed by atoms with van der Waals surface area (Å²) in [6, 6.07) is 0. The Morgan fingerprint density at radius 2 is 0.800 bits per heavy atom. The molecular weight excluding hydrogens is 523 g/mol. The molecule has 0 spiro atoms. The van der Waals surface area contributed by atoms with Crippen LogP contribution in [0.25, 0.3) is 11.5 Å². The number of carbonyl (C=O) groups is 5. The Balaban J connectivity index is -0.0000000145. The Kier molecular flexibility index (Phi) is 223. The second kappa shape index (κ2) is 93.2. The van der Waals surface area contributed by atoms with E-state index in [9.17, 15) is 24.6 Å². The molecule has 0 aliphatic rings. The van der Waals surface area contributed by atoms with Gasteiger partial charge in [0.25, 0.3) is 0 Å². The molecule has 0 aromatic heterocycles. The standard InChI is InChI=1S/2C3H5O2.C2H5NO2.2C2H4NO2.2CH3O.3Mg.3H2O/c2*1-2-3(4)5;3*3-1-2(4)5;2*1-2;;;;;;/h2*1-2H2,(H,4,5);1,3H2,(H,4,5);2*3H,1H2,(H,4,5);1H3;2H,1H2;;;;3*1H2/q2*-1;;4*-1;3*+2;;;/p-6. The topological polar surface area (TPSA) is 406 Å². The molecule has 0 rings (SSSR count). The van der Waals surface area contributed by atoms with Crippen LogP contribution in [-0.2, 0) is 24.0 Å². The molecular formula is C14H29Mg3N3O15-6. The Morgan fingerprint density at radius 1 is 0.714 bits per heavy atom. The summed E-state index contributed by atoms with van der Waals surface area (Å²) in [7, 11) is 3.00. The summed E-state index contributed by atoms with van der Waals surface area (Å²) in [5.74, 6) is -5.84. The molecule has 0 fully saturated rings. The number of carboxylic acid groups (broad SMARTS) is 5. The predicted octanol–water partition coefficient (Wildman–Crippen LogP) is -8.67. The molecule has 202 valence electrons. The Morgan fingerprint density at radius 3 is 0.800 bits per heavy atom. The Bertz CT molecular complexity index is 316. The van der Waals surface area contributed by atoms with E-state index in [1.807, 2.05) is 0 Å². The third-order valence-electron chi connectivity index (χ3n) is 0.872. The van der Waals surface area contributed by atoms with E-state index in [1.165, 1.54) is 0 Å². The maximum absolute atomic E-state index is 9.24. The van der Waals surface area contributed by atoms with Crippen LogP contribution in [0.1, 0.15) is 12.8 Å². The van der Waals surface area contributed by atoms with E-state index in [-0.39, 0.29) is 105 Å². The molecule has 0 saturated carbocycles. The normalized spacial score (nSPS) is 5.63. The van der Waals surface area contributed by atoms with E-state index in [0.717, 1.165) is 7.11 Å². The summed E-state index contributed by atoms with van der Waals surface area (Å²) in [5.41, 5.74) is 16.6. The van der Waals surface area contributed by atoms with E-state index in [1.54, 1.807) is 0 Å². The minimum Gasteiger partial charge on any atom is -0.870 e. The number of hydrogen-bond acceptors (Lipinski definition) is 14. The molecule has 0 unspecified atom stereocenters. The Hall–Kier alpha value is -0.671. The first kappa shape index (κ1) is 83.8. The van der Waals surface area contributed by atoms with Crippen molar-refractivity contribution in [3.63, 3.8) is 0 Å². The summed E-state index contributed by atoms with van der Waals surface area (Å²) < 4.78 is 0. The van der Waals surface area contributed by atoms with Crippen LogP contribution in [-0.4, -0.2) is 152 Å². The van der Waals surface area contributed by atoms with Crippen molar-refractivity contribution in [3.8, 4) is 0 Å². The van der Waals surface area contributed by atoms with Crippen LogP contribution < -0.4 is 31.3 Å². The van der Waals surface area contributed by atoms with Gasteiger partial charge >= 0.3 is 75.1 Å². The number of aliphatic hydroxyl groups excluding tert-OH is 1. The maximum Gasteiger partial charge on any atom is 2.00 e. The van der Waals surface area contributed by atoms with Crippen molar-refractivity contribution in [2.24, 2.45) is 5.73 Å². The molecule has 35 heavy (non-hydrogen) atoms. The van der Waals surface area contributed by atoms with Crippen LogP contribution in [0.15, 0.2) is 0 Å². The molecule has 0 atom stereocenters. The van der Waals surface area contributed by atoms with Crippen LogP contribution in [0.3, 0.4) is 0 Å². The van der Waals surface area contributed by atoms with Crippen molar-refractivity contribution in [1.82, 2.24) is 0 Å². The number of aliphatic carboxylic acids is 5. The largest absolute Gasteiger partial charge is 2.00 e. The van der Waals surface area contributed by atoms with E-state index in [2.05, 4.69) is 26.7 Å². The molecule has 0 heterocycles. The van der Waals surface area contributed by atoms with E-state index in [4.69, 9.17) is 46.6 Å². The monoisotopic (exact) mass is 551 g/mol. The van der Waals surface area contributed by atoms with E-state index < -0.39 is 42.9 Å². The first-order valence-corrected chi connectivity index (χ1v) is 6.67. The fourth-order valence-corrected chi connectivity index (χ4v) is 0.